The predicted octanol–water partition coefficient (Wildman–Crippen LogP) is 4.30. The summed E-state index contributed by atoms with van der Waals surface area (Å²) in [6, 6.07) is 17.8. The van der Waals surface area contributed by atoms with Crippen LogP contribution in [0.5, 0.6) is 11.5 Å². The van der Waals surface area contributed by atoms with Crippen molar-refractivity contribution in [3.8, 4) is 11.5 Å². The van der Waals surface area contributed by atoms with Crippen molar-refractivity contribution in [3.63, 3.8) is 0 Å². The number of pyridine rings is 1. The molecule has 184 valence electrons. The van der Waals surface area contributed by atoms with Gasteiger partial charge in [0.05, 0.1) is 6.54 Å². The molecule has 2 aromatic carbocycles. The number of para-hydroxylation sites is 1. The van der Waals surface area contributed by atoms with Gasteiger partial charge < -0.3 is 14.7 Å². The molecule has 35 heavy (non-hydrogen) atoms. The summed E-state index contributed by atoms with van der Waals surface area (Å²) in [5, 5.41) is 11.9. The second-order valence-electron chi connectivity index (χ2n) is 7.93. The SMILES string of the molecule is CCC.O=C1c2c(O)c(=O)ccn2N2Cc3cccc(F)c3OC/C=C/CN1C2.c1ccccc1. The van der Waals surface area contributed by atoms with Gasteiger partial charge in [-0.15, -0.1) is 0 Å². The molecule has 0 aliphatic carbocycles. The van der Waals surface area contributed by atoms with Crippen LogP contribution in [0, 0.1) is 5.82 Å². The molecule has 2 aliphatic heterocycles. The number of rotatable bonds is 0. The fourth-order valence-corrected chi connectivity index (χ4v) is 3.52. The minimum atomic E-state index is -0.624. The quantitative estimate of drug-likeness (QED) is 0.487. The molecule has 0 unspecified atom stereocenters. The van der Waals surface area contributed by atoms with Gasteiger partial charge >= 0.3 is 0 Å². The fourth-order valence-electron chi connectivity index (χ4n) is 3.52. The van der Waals surface area contributed by atoms with Gasteiger partial charge in [-0.2, -0.15) is 0 Å². The largest absolute Gasteiger partial charge is 0.502 e. The van der Waals surface area contributed by atoms with Crippen LogP contribution in [0.3, 0.4) is 0 Å². The van der Waals surface area contributed by atoms with Crippen molar-refractivity contribution in [2.45, 2.75) is 26.8 Å². The maximum Gasteiger partial charge on any atom is 0.278 e. The molecule has 1 aromatic heterocycles. The van der Waals surface area contributed by atoms with Crippen molar-refractivity contribution < 1.29 is 19.0 Å². The molecular formula is C27H30FN3O4. The van der Waals surface area contributed by atoms with Crippen LogP contribution in [-0.4, -0.2) is 40.4 Å². The summed E-state index contributed by atoms with van der Waals surface area (Å²) in [5.74, 6) is -1.36. The summed E-state index contributed by atoms with van der Waals surface area (Å²) in [6.45, 7) is 5.15. The van der Waals surface area contributed by atoms with Crippen LogP contribution in [0.1, 0.15) is 36.3 Å². The summed E-state index contributed by atoms with van der Waals surface area (Å²) < 4.78 is 21.2. The topological polar surface area (TPSA) is 75.0 Å². The molecule has 7 nitrogen and oxygen atoms in total. The molecule has 0 atom stereocenters. The summed E-state index contributed by atoms with van der Waals surface area (Å²) in [7, 11) is 0. The number of carbonyl (C=O) groups is 1. The third-order valence-electron chi connectivity index (χ3n) is 5.07. The average Bonchev–Trinajstić information content (AvgIpc) is 2.90. The van der Waals surface area contributed by atoms with Gasteiger partial charge in [0.1, 0.15) is 13.3 Å². The Balaban J connectivity index is 0.000000323. The Bertz CT molecular complexity index is 1180. The molecule has 3 aromatic rings. The zero-order valence-electron chi connectivity index (χ0n) is 19.9. The first kappa shape index (κ1) is 25.6. The number of hydrogen-bond acceptors (Lipinski definition) is 5. The Hall–Kier alpha value is -4.07. The summed E-state index contributed by atoms with van der Waals surface area (Å²) in [6.07, 6.45) is 6.11. The Morgan fingerprint density at radius 2 is 1.63 bits per heavy atom. The molecule has 0 spiro atoms. The Morgan fingerprint density at radius 1 is 0.971 bits per heavy atom. The van der Waals surface area contributed by atoms with E-state index in [0.29, 0.717) is 5.56 Å². The second kappa shape index (κ2) is 12.4. The highest BCUT2D eigenvalue weighted by Gasteiger charge is 2.32. The van der Waals surface area contributed by atoms with Gasteiger partial charge in [0.25, 0.3) is 5.91 Å². The lowest BCUT2D eigenvalue weighted by molar-refractivity contribution is 0.0706. The van der Waals surface area contributed by atoms with E-state index in [1.165, 1.54) is 34.3 Å². The molecule has 1 amide bonds. The smallest absolute Gasteiger partial charge is 0.278 e. The lowest BCUT2D eigenvalue weighted by Gasteiger charge is -2.39. The summed E-state index contributed by atoms with van der Waals surface area (Å²) in [4.78, 5) is 26.0. The van der Waals surface area contributed by atoms with E-state index in [1.807, 2.05) is 36.4 Å². The van der Waals surface area contributed by atoms with E-state index in [4.69, 9.17) is 4.74 Å². The highest BCUT2D eigenvalue weighted by Crippen LogP contribution is 2.27. The lowest BCUT2D eigenvalue weighted by atomic mass is 10.2. The van der Waals surface area contributed by atoms with Crippen LogP contribution in [0.25, 0.3) is 0 Å². The van der Waals surface area contributed by atoms with Crippen molar-refractivity contribution in [2.24, 2.45) is 0 Å². The van der Waals surface area contributed by atoms with Crippen molar-refractivity contribution in [2.75, 3.05) is 24.8 Å². The Labute approximate surface area is 204 Å². The van der Waals surface area contributed by atoms with Crippen LogP contribution < -0.4 is 15.2 Å². The number of halogens is 1. The van der Waals surface area contributed by atoms with Gasteiger partial charge in [0.2, 0.25) is 5.43 Å². The third-order valence-corrected chi connectivity index (χ3v) is 5.07. The monoisotopic (exact) mass is 479 g/mol. The van der Waals surface area contributed by atoms with E-state index in [0.717, 1.165) is 0 Å². The number of aromatic nitrogens is 1. The normalized spacial score (nSPS) is 15.0. The summed E-state index contributed by atoms with van der Waals surface area (Å²) in [5.41, 5.74) is -0.130. The van der Waals surface area contributed by atoms with Crippen molar-refractivity contribution >= 4 is 5.91 Å². The van der Waals surface area contributed by atoms with E-state index in [1.54, 1.807) is 29.3 Å². The molecular weight excluding hydrogens is 449 g/mol. The molecule has 8 heteroatoms. The van der Waals surface area contributed by atoms with E-state index in [2.05, 4.69) is 13.8 Å². The van der Waals surface area contributed by atoms with E-state index < -0.39 is 22.9 Å². The Kier molecular flexibility index (Phi) is 9.06. The molecule has 0 saturated heterocycles. The minimum absolute atomic E-state index is 0.102. The first-order valence-corrected chi connectivity index (χ1v) is 11.5. The van der Waals surface area contributed by atoms with Crippen LogP contribution in [0.15, 0.2) is 83.8 Å². The Morgan fingerprint density at radius 3 is 2.29 bits per heavy atom. The van der Waals surface area contributed by atoms with Gasteiger partial charge in [-0.05, 0) is 12.1 Å². The molecule has 2 bridgehead atoms. The molecule has 2 aliphatic rings. The fraction of sp³-hybridized carbons (Fsp3) is 0.259. The number of hydrogen-bond donors (Lipinski definition) is 1. The average molecular weight is 480 g/mol. The number of amides is 1. The van der Waals surface area contributed by atoms with E-state index in [9.17, 15) is 19.1 Å². The van der Waals surface area contributed by atoms with Crippen molar-refractivity contribution in [1.29, 1.82) is 0 Å². The van der Waals surface area contributed by atoms with Gasteiger partial charge in [-0.3, -0.25) is 19.3 Å². The van der Waals surface area contributed by atoms with Crippen molar-refractivity contribution in [3.05, 3.63) is 106 Å². The number of fused-ring (bicyclic) bond motifs is 5. The number of carbonyl (C=O) groups excluding carboxylic acids is 1. The number of nitrogens with zero attached hydrogens (tertiary/aromatic N) is 3. The van der Waals surface area contributed by atoms with Crippen LogP contribution in [0.4, 0.5) is 4.39 Å². The molecule has 1 N–H and O–H groups in total. The number of benzene rings is 2. The van der Waals surface area contributed by atoms with Crippen molar-refractivity contribution in [1.82, 2.24) is 9.58 Å². The number of aromatic hydroxyl groups is 1. The molecule has 0 radical (unpaired) electrons. The van der Waals surface area contributed by atoms with Crippen LogP contribution in [0.2, 0.25) is 0 Å². The summed E-state index contributed by atoms with van der Waals surface area (Å²) >= 11 is 0. The van der Waals surface area contributed by atoms with Gasteiger partial charge in [0, 0.05) is 24.4 Å². The van der Waals surface area contributed by atoms with Crippen LogP contribution >= 0.6 is 0 Å². The maximum atomic E-state index is 14.2. The highest BCUT2D eigenvalue weighted by molar-refractivity contribution is 5.96. The molecule has 0 saturated carbocycles. The standard InChI is InChI=1S/C18H16FN3O4.C6H6.C3H8/c19-13-5-3-4-12-10-21-11-20(7-1-2-9-26-17(12)13)18(25)15-16(24)14(23)6-8-22(15)21;1-2-4-6-5-3-1;1-3-2/h1-6,8,24H,7,9-11H2;1-6H;3H2,1-2H3/b2-1+;;. The molecule has 0 fully saturated rings. The zero-order valence-corrected chi connectivity index (χ0v) is 19.9. The van der Waals surface area contributed by atoms with E-state index in [-0.39, 0.29) is 37.8 Å². The third kappa shape index (κ3) is 6.29. The van der Waals surface area contributed by atoms with Gasteiger partial charge in [-0.25, -0.2) is 4.39 Å². The predicted molar refractivity (Wildman–Crippen MR) is 134 cm³/mol. The van der Waals surface area contributed by atoms with E-state index >= 15 is 0 Å². The minimum Gasteiger partial charge on any atom is -0.502 e. The zero-order chi connectivity index (χ0) is 25.2. The molecule has 3 heterocycles. The lowest BCUT2D eigenvalue weighted by Crippen LogP contribution is -2.53. The van der Waals surface area contributed by atoms with Crippen LogP contribution in [-0.2, 0) is 6.54 Å². The first-order valence-electron chi connectivity index (χ1n) is 11.5. The second-order valence-corrected chi connectivity index (χ2v) is 7.93. The number of ether oxygens (including phenoxy) is 1. The first-order chi connectivity index (χ1) is 17.0. The highest BCUT2D eigenvalue weighted by atomic mass is 19.1. The van der Waals surface area contributed by atoms with Gasteiger partial charge in [0.15, 0.2) is 23.0 Å². The van der Waals surface area contributed by atoms with Gasteiger partial charge in [-0.1, -0.05) is 74.9 Å². The molecule has 5 rings (SSSR count). The maximum absolute atomic E-state index is 14.2.